The minimum atomic E-state index is -0.903. The van der Waals surface area contributed by atoms with E-state index in [1.165, 1.54) is 18.1 Å². The Morgan fingerprint density at radius 2 is 2.15 bits per heavy atom. The summed E-state index contributed by atoms with van der Waals surface area (Å²) in [5.41, 5.74) is 0.444. The van der Waals surface area contributed by atoms with Crippen LogP contribution in [0.3, 0.4) is 0 Å². The number of rotatable bonds is 4. The molecule has 27 heavy (non-hydrogen) atoms. The standard InChI is InChI=1S/C16H18Cl2N4O4S/c1-25-14(23)13(11-3-2-10(17)8-12(11)18)27-15(19)20-9-21-16(24)22-4-6-26-7-5-22/h2-3,8-9,13H,4-7H2,1H3,(H2,19,20,21,24)/p-1. The first-order chi connectivity index (χ1) is 12.9. The smallest absolute Gasteiger partial charge is 0.323 e. The highest BCUT2D eigenvalue weighted by Gasteiger charge is 2.26. The zero-order valence-corrected chi connectivity index (χ0v) is 16.7. The van der Waals surface area contributed by atoms with Gasteiger partial charge in [-0.2, -0.15) is 0 Å². The highest BCUT2D eigenvalue weighted by atomic mass is 35.5. The lowest BCUT2D eigenvalue weighted by Gasteiger charge is -2.32. The number of amidine groups is 2. The maximum atomic E-state index is 12.1. The Bertz CT molecular complexity index is 754. The lowest BCUT2D eigenvalue weighted by atomic mass is 10.1. The SMILES string of the molecule is COC(=O)C(SC(=N)/N=C\N=C([O-])N1CCOCC1)c1ccc(Cl)cc1Cl. The number of esters is 1. The molecule has 8 nitrogen and oxygen atoms in total. The van der Waals surface area contributed by atoms with Gasteiger partial charge >= 0.3 is 5.97 Å². The summed E-state index contributed by atoms with van der Waals surface area (Å²) in [5.74, 6) is -0.592. The van der Waals surface area contributed by atoms with Gasteiger partial charge in [0.25, 0.3) is 0 Å². The fourth-order valence-electron chi connectivity index (χ4n) is 2.17. The van der Waals surface area contributed by atoms with Crippen molar-refractivity contribution in [1.29, 1.82) is 5.41 Å². The molecule has 1 aromatic carbocycles. The third-order valence-electron chi connectivity index (χ3n) is 3.51. The van der Waals surface area contributed by atoms with Gasteiger partial charge in [-0.15, -0.1) is 0 Å². The van der Waals surface area contributed by atoms with Crippen LogP contribution in [0, 0.1) is 5.41 Å². The first-order valence-electron chi connectivity index (χ1n) is 7.80. The Balaban J connectivity index is 2.06. The van der Waals surface area contributed by atoms with Crippen molar-refractivity contribution >= 4 is 58.5 Å². The number of morpholine rings is 1. The third-order valence-corrected chi connectivity index (χ3v) is 5.09. The van der Waals surface area contributed by atoms with E-state index in [1.54, 1.807) is 12.1 Å². The maximum absolute atomic E-state index is 12.1. The van der Waals surface area contributed by atoms with Crippen LogP contribution in [0.2, 0.25) is 10.0 Å². The Kier molecular flexibility index (Phi) is 8.36. The quantitative estimate of drug-likeness (QED) is 0.443. The summed E-state index contributed by atoms with van der Waals surface area (Å²) in [5, 5.41) is 19.4. The van der Waals surface area contributed by atoms with E-state index in [-0.39, 0.29) is 10.2 Å². The van der Waals surface area contributed by atoms with Crippen LogP contribution in [0.15, 0.2) is 28.2 Å². The molecule has 146 valence electrons. The van der Waals surface area contributed by atoms with Gasteiger partial charge in [0.2, 0.25) is 0 Å². The van der Waals surface area contributed by atoms with Crippen LogP contribution >= 0.6 is 35.0 Å². The Labute approximate surface area is 170 Å². The molecule has 1 aliphatic rings. The first-order valence-corrected chi connectivity index (χ1v) is 9.44. The second kappa shape index (κ2) is 10.5. The van der Waals surface area contributed by atoms with E-state index in [4.69, 9.17) is 38.1 Å². The van der Waals surface area contributed by atoms with Crippen molar-refractivity contribution in [3.05, 3.63) is 33.8 Å². The molecule has 1 unspecified atom stereocenters. The van der Waals surface area contributed by atoms with E-state index in [2.05, 4.69) is 9.98 Å². The molecule has 0 bridgehead atoms. The molecule has 0 saturated carbocycles. The largest absolute Gasteiger partial charge is 0.846 e. The Morgan fingerprint density at radius 1 is 1.44 bits per heavy atom. The fraction of sp³-hybridized carbons (Fsp3) is 0.375. The molecule has 0 spiro atoms. The molecule has 1 N–H and O–H groups in total. The number of nitrogens with one attached hydrogen (secondary N) is 1. The number of hydrogen-bond donors (Lipinski definition) is 1. The number of carbonyl (C=O) groups is 1. The minimum absolute atomic E-state index is 0.227. The number of benzene rings is 1. The molecule has 1 aromatic rings. The monoisotopic (exact) mass is 431 g/mol. The highest BCUT2D eigenvalue weighted by molar-refractivity contribution is 8.14. The Hall–Kier alpha value is -1.81. The predicted molar refractivity (Wildman–Crippen MR) is 105 cm³/mol. The van der Waals surface area contributed by atoms with Gasteiger partial charge in [0.1, 0.15) is 11.6 Å². The van der Waals surface area contributed by atoms with Crippen LogP contribution < -0.4 is 5.11 Å². The molecular formula is C16H17Cl2N4O4S-. The summed E-state index contributed by atoms with van der Waals surface area (Å²) in [6, 6.07) is 4.22. The second-order valence-corrected chi connectivity index (χ2v) is 7.19. The summed E-state index contributed by atoms with van der Waals surface area (Å²) >= 11 is 12.8. The predicted octanol–water partition coefficient (Wildman–Crippen LogP) is 1.95. The minimum Gasteiger partial charge on any atom is -0.846 e. The summed E-state index contributed by atoms with van der Waals surface area (Å²) in [7, 11) is 1.24. The third kappa shape index (κ3) is 6.39. The van der Waals surface area contributed by atoms with Gasteiger partial charge in [-0.1, -0.05) is 41.0 Å². The van der Waals surface area contributed by atoms with Crippen molar-refractivity contribution in [3.8, 4) is 0 Å². The van der Waals surface area contributed by atoms with E-state index in [1.807, 2.05) is 0 Å². The molecule has 0 radical (unpaired) electrons. The van der Waals surface area contributed by atoms with Gasteiger partial charge in [0.05, 0.1) is 26.3 Å². The summed E-state index contributed by atoms with van der Waals surface area (Å²) < 4.78 is 9.94. The molecule has 1 fully saturated rings. The van der Waals surface area contributed by atoms with Crippen molar-refractivity contribution in [3.63, 3.8) is 0 Å². The highest BCUT2D eigenvalue weighted by Crippen LogP contribution is 2.36. The molecule has 1 heterocycles. The summed E-state index contributed by atoms with van der Waals surface area (Å²) in [6.07, 6.45) is 0.991. The van der Waals surface area contributed by atoms with Crippen LogP contribution in [0.5, 0.6) is 0 Å². The van der Waals surface area contributed by atoms with Crippen LogP contribution in [0.1, 0.15) is 10.8 Å². The molecule has 1 atom stereocenters. The molecule has 0 aliphatic carbocycles. The average Bonchev–Trinajstić information content (AvgIpc) is 2.66. The molecule has 1 saturated heterocycles. The number of halogens is 2. The number of hydrogen-bond acceptors (Lipinski definition) is 6. The van der Waals surface area contributed by atoms with Gasteiger partial charge in [0, 0.05) is 23.1 Å². The van der Waals surface area contributed by atoms with E-state index in [0.717, 1.165) is 18.1 Å². The lowest BCUT2D eigenvalue weighted by molar-refractivity contribution is -0.237. The van der Waals surface area contributed by atoms with Crippen LogP contribution in [0.25, 0.3) is 0 Å². The summed E-state index contributed by atoms with van der Waals surface area (Å²) in [4.78, 5) is 21.1. The summed E-state index contributed by atoms with van der Waals surface area (Å²) in [6.45, 7) is 1.85. The zero-order chi connectivity index (χ0) is 19.8. The number of aliphatic imine (C=N–C) groups is 2. The second-order valence-electron chi connectivity index (χ2n) is 5.25. The average molecular weight is 432 g/mol. The Morgan fingerprint density at radius 3 is 2.78 bits per heavy atom. The first kappa shape index (κ1) is 21.5. The molecular weight excluding hydrogens is 415 g/mol. The number of ether oxygens (including phenoxy) is 2. The van der Waals surface area contributed by atoms with Crippen molar-refractivity contribution in [2.45, 2.75) is 5.25 Å². The van der Waals surface area contributed by atoms with E-state index < -0.39 is 17.2 Å². The number of carbonyl (C=O) groups excluding carboxylic acids is 1. The van der Waals surface area contributed by atoms with E-state index in [0.29, 0.717) is 36.9 Å². The van der Waals surface area contributed by atoms with Crippen molar-refractivity contribution in [1.82, 2.24) is 4.90 Å². The topological polar surface area (TPSA) is 110 Å². The van der Waals surface area contributed by atoms with Crippen LogP contribution in [-0.4, -0.2) is 61.8 Å². The van der Waals surface area contributed by atoms with Crippen molar-refractivity contribution in [2.75, 3.05) is 33.4 Å². The molecule has 2 rings (SSSR count). The van der Waals surface area contributed by atoms with Crippen LogP contribution in [0.4, 0.5) is 0 Å². The lowest BCUT2D eigenvalue weighted by Crippen LogP contribution is -2.46. The molecule has 11 heteroatoms. The molecule has 1 aliphatic heterocycles. The van der Waals surface area contributed by atoms with Gasteiger partial charge in [-0.3, -0.25) is 10.2 Å². The normalized spacial score (nSPS) is 16.4. The fourth-order valence-corrected chi connectivity index (χ4v) is 3.61. The van der Waals surface area contributed by atoms with Gasteiger partial charge in [0.15, 0.2) is 5.17 Å². The maximum Gasteiger partial charge on any atom is 0.323 e. The van der Waals surface area contributed by atoms with Crippen molar-refractivity contribution in [2.24, 2.45) is 9.98 Å². The zero-order valence-electron chi connectivity index (χ0n) is 14.4. The van der Waals surface area contributed by atoms with Crippen LogP contribution in [-0.2, 0) is 14.3 Å². The number of nitrogens with zero attached hydrogens (tertiary/aromatic N) is 3. The van der Waals surface area contributed by atoms with Crippen molar-refractivity contribution < 1.29 is 19.4 Å². The van der Waals surface area contributed by atoms with E-state index in [9.17, 15) is 9.90 Å². The van der Waals surface area contributed by atoms with Gasteiger partial charge in [-0.25, -0.2) is 9.98 Å². The van der Waals surface area contributed by atoms with E-state index >= 15 is 0 Å². The molecule has 0 amide bonds. The number of thioether (sulfide) groups is 1. The van der Waals surface area contributed by atoms with Gasteiger partial charge in [-0.05, 0) is 17.7 Å². The van der Waals surface area contributed by atoms with Gasteiger partial charge < -0.3 is 19.5 Å². The molecule has 0 aromatic heterocycles. The number of methoxy groups -OCH3 is 1.